The Bertz CT molecular complexity index is 1420. The van der Waals surface area contributed by atoms with Crippen LogP contribution in [0.1, 0.15) is 18.3 Å². The van der Waals surface area contributed by atoms with Gasteiger partial charge < -0.3 is 36.6 Å². The number of ether oxygens (including phenoxy) is 2. The summed E-state index contributed by atoms with van der Waals surface area (Å²) in [6.07, 6.45) is 0.662. The molecule has 12 nitrogen and oxygen atoms in total. The molecule has 35 heavy (non-hydrogen) atoms. The zero-order valence-corrected chi connectivity index (χ0v) is 19.5. The number of hydrogen-bond acceptors (Lipinski definition) is 8. The average Bonchev–Trinajstić information content (AvgIpc) is 3.22. The van der Waals surface area contributed by atoms with Gasteiger partial charge in [0.1, 0.15) is 22.9 Å². The molecular formula is C23H26N10O2. The number of fused-ring (bicyclic) bond motifs is 1. The van der Waals surface area contributed by atoms with Gasteiger partial charge in [-0.1, -0.05) is 13.0 Å². The molecular weight excluding hydrogens is 448 g/mol. The number of imidazole rings is 1. The van der Waals surface area contributed by atoms with E-state index in [1.807, 2.05) is 32.0 Å². The lowest BCUT2D eigenvalue weighted by atomic mass is 10.1. The molecule has 8 N–H and O–H groups in total. The van der Waals surface area contributed by atoms with Crippen molar-refractivity contribution >= 4 is 34.3 Å². The first-order chi connectivity index (χ1) is 16.7. The molecule has 4 aromatic rings. The molecule has 0 unspecified atom stereocenters. The third kappa shape index (κ3) is 5.21. The number of H-pyrrole nitrogens is 1. The first-order valence-corrected chi connectivity index (χ1v) is 10.7. The fraction of sp³-hybridized carbons (Fsp3) is 0.174. The number of anilines is 1. The summed E-state index contributed by atoms with van der Waals surface area (Å²) in [5, 5.41) is 7.79. The van der Waals surface area contributed by atoms with Crippen LogP contribution in [0.4, 0.5) is 11.4 Å². The van der Waals surface area contributed by atoms with Gasteiger partial charge in [-0.15, -0.1) is 0 Å². The fourth-order valence-corrected chi connectivity index (χ4v) is 3.30. The van der Waals surface area contributed by atoms with Gasteiger partial charge in [0.2, 0.25) is 0 Å². The van der Waals surface area contributed by atoms with Crippen LogP contribution in [0.25, 0.3) is 11.2 Å². The third-order valence-electron chi connectivity index (χ3n) is 4.93. The van der Waals surface area contributed by atoms with Crippen molar-refractivity contribution in [3.05, 3.63) is 53.9 Å². The predicted octanol–water partition coefficient (Wildman–Crippen LogP) is 2.75. The van der Waals surface area contributed by atoms with Gasteiger partial charge in [0.15, 0.2) is 17.4 Å². The normalized spacial score (nSPS) is 10.7. The topological polar surface area (TPSA) is 190 Å². The minimum atomic E-state index is -0.0764. The van der Waals surface area contributed by atoms with Crippen LogP contribution in [-0.2, 0) is 6.42 Å². The number of nitrogens with one attached hydrogen (secondary N) is 2. The van der Waals surface area contributed by atoms with Gasteiger partial charge in [0, 0.05) is 32.1 Å². The highest BCUT2D eigenvalue weighted by atomic mass is 16.5. The van der Waals surface area contributed by atoms with Crippen molar-refractivity contribution in [3.8, 4) is 23.4 Å². The Hall–Kier alpha value is -4.87. The molecule has 2 aromatic carbocycles. The van der Waals surface area contributed by atoms with E-state index in [2.05, 4.69) is 24.9 Å². The predicted molar refractivity (Wildman–Crippen MR) is 135 cm³/mol. The lowest BCUT2D eigenvalue weighted by Crippen LogP contribution is -2.21. The molecule has 0 aliphatic rings. The molecule has 0 aliphatic heterocycles. The molecule has 180 valence electrons. The first kappa shape index (κ1) is 23.3. The van der Waals surface area contributed by atoms with Crippen molar-refractivity contribution in [1.82, 2.24) is 19.9 Å². The van der Waals surface area contributed by atoms with Crippen LogP contribution in [0.15, 0.2) is 47.5 Å². The standard InChI is InChI=1S/C23H26N10O2/c1-4-17-29-18-20(30-17)31-23(34-14-7-5-6-13(11-14)28-22(26)27)32-21(18)35-16-10-12(19(24)25)8-9-15(16)33(2)3/h5-11H,4H2,1-3H3,(H3,24,25)(H4,26,27,28)(H,29,30,31,32). The maximum Gasteiger partial charge on any atom is 0.327 e. The minimum Gasteiger partial charge on any atom is -0.435 e. The Morgan fingerprint density at radius 2 is 1.86 bits per heavy atom. The van der Waals surface area contributed by atoms with Gasteiger partial charge >= 0.3 is 6.01 Å². The third-order valence-corrected chi connectivity index (χ3v) is 4.93. The Labute approximate surface area is 201 Å². The number of aromatic nitrogens is 4. The highest BCUT2D eigenvalue weighted by Gasteiger charge is 2.18. The van der Waals surface area contributed by atoms with Gasteiger partial charge in [0.05, 0.1) is 11.4 Å². The zero-order valence-electron chi connectivity index (χ0n) is 19.5. The molecule has 0 saturated carbocycles. The van der Waals surface area contributed by atoms with E-state index in [4.69, 9.17) is 32.1 Å². The number of rotatable bonds is 8. The fourth-order valence-electron chi connectivity index (χ4n) is 3.30. The van der Waals surface area contributed by atoms with Crippen molar-refractivity contribution in [2.75, 3.05) is 19.0 Å². The summed E-state index contributed by atoms with van der Waals surface area (Å²) in [5.74, 6) is 1.67. The number of amidine groups is 1. The molecule has 0 atom stereocenters. The Balaban J connectivity index is 1.79. The van der Waals surface area contributed by atoms with E-state index in [1.54, 1.807) is 36.4 Å². The van der Waals surface area contributed by atoms with Crippen LogP contribution in [-0.4, -0.2) is 45.8 Å². The Kier molecular flexibility index (Phi) is 6.36. The summed E-state index contributed by atoms with van der Waals surface area (Å²) >= 11 is 0. The van der Waals surface area contributed by atoms with Crippen molar-refractivity contribution in [2.24, 2.45) is 22.2 Å². The number of nitrogens with two attached hydrogens (primary N) is 3. The summed E-state index contributed by atoms with van der Waals surface area (Å²) in [4.78, 5) is 22.5. The van der Waals surface area contributed by atoms with Crippen molar-refractivity contribution in [3.63, 3.8) is 0 Å². The highest BCUT2D eigenvalue weighted by Crippen LogP contribution is 2.35. The number of aryl methyl sites for hydroxylation is 1. The molecule has 4 rings (SSSR count). The van der Waals surface area contributed by atoms with Crippen LogP contribution in [0.3, 0.4) is 0 Å². The van der Waals surface area contributed by atoms with Gasteiger partial charge in [-0.05, 0) is 30.3 Å². The van der Waals surface area contributed by atoms with Crippen LogP contribution in [0, 0.1) is 5.41 Å². The number of nitrogens with zero attached hydrogens (tertiary/aromatic N) is 5. The second-order valence-corrected chi connectivity index (χ2v) is 7.78. The summed E-state index contributed by atoms with van der Waals surface area (Å²) < 4.78 is 12.1. The van der Waals surface area contributed by atoms with Crippen molar-refractivity contribution in [1.29, 1.82) is 5.41 Å². The zero-order chi connectivity index (χ0) is 25.1. The molecule has 12 heteroatoms. The Morgan fingerprint density at radius 3 is 2.54 bits per heavy atom. The highest BCUT2D eigenvalue weighted by molar-refractivity contribution is 5.96. The van der Waals surface area contributed by atoms with Gasteiger partial charge in [0.25, 0.3) is 5.88 Å². The van der Waals surface area contributed by atoms with Gasteiger partial charge in [-0.25, -0.2) is 9.98 Å². The number of nitrogen functional groups attached to an aromatic ring is 1. The molecule has 0 spiro atoms. The lowest BCUT2D eigenvalue weighted by Gasteiger charge is -2.18. The number of benzene rings is 2. The van der Waals surface area contributed by atoms with Crippen molar-refractivity contribution < 1.29 is 9.47 Å². The summed E-state index contributed by atoms with van der Waals surface area (Å²) in [6.45, 7) is 1.97. The first-order valence-electron chi connectivity index (χ1n) is 10.7. The van der Waals surface area contributed by atoms with E-state index in [0.717, 1.165) is 11.5 Å². The summed E-state index contributed by atoms with van der Waals surface area (Å²) in [5.41, 5.74) is 19.3. The molecule has 0 aliphatic carbocycles. The molecule has 0 bridgehead atoms. The van der Waals surface area contributed by atoms with E-state index in [-0.39, 0.29) is 23.7 Å². The lowest BCUT2D eigenvalue weighted by molar-refractivity contribution is 0.417. The van der Waals surface area contributed by atoms with Crippen molar-refractivity contribution in [2.45, 2.75) is 13.3 Å². The maximum absolute atomic E-state index is 7.79. The number of hydrogen-bond donors (Lipinski definition) is 5. The smallest absolute Gasteiger partial charge is 0.327 e. The number of guanidine groups is 1. The Morgan fingerprint density at radius 1 is 1.06 bits per heavy atom. The van der Waals surface area contributed by atoms with Crippen LogP contribution >= 0.6 is 0 Å². The van der Waals surface area contributed by atoms with Gasteiger partial charge in [-0.3, -0.25) is 5.41 Å². The quantitative estimate of drug-likeness (QED) is 0.189. The molecule has 0 amide bonds. The second kappa shape index (κ2) is 9.55. The van der Waals surface area contributed by atoms with Crippen LogP contribution in [0.5, 0.6) is 23.4 Å². The largest absolute Gasteiger partial charge is 0.435 e. The van der Waals surface area contributed by atoms with E-state index in [1.165, 1.54) is 0 Å². The van der Waals surface area contributed by atoms with Crippen LogP contribution < -0.4 is 31.6 Å². The molecule has 0 saturated heterocycles. The van der Waals surface area contributed by atoms with E-state index >= 15 is 0 Å². The number of aliphatic imine (C=N–C) groups is 1. The number of aromatic amines is 1. The minimum absolute atomic E-state index is 0.0256. The second-order valence-electron chi connectivity index (χ2n) is 7.78. The SMILES string of the molecule is CCc1nc2nc(Oc3cccc(N=C(N)N)c3)nc(Oc3cc(C(=N)N)ccc3N(C)C)c2[nH]1. The molecule has 0 radical (unpaired) electrons. The summed E-state index contributed by atoms with van der Waals surface area (Å²) in [7, 11) is 3.77. The molecule has 2 heterocycles. The van der Waals surface area contributed by atoms with Crippen LogP contribution in [0.2, 0.25) is 0 Å². The van der Waals surface area contributed by atoms with E-state index in [9.17, 15) is 0 Å². The summed E-state index contributed by atoms with van der Waals surface area (Å²) in [6, 6.07) is 12.1. The van der Waals surface area contributed by atoms with E-state index in [0.29, 0.717) is 40.3 Å². The van der Waals surface area contributed by atoms with E-state index < -0.39 is 0 Å². The molecule has 0 fully saturated rings. The monoisotopic (exact) mass is 474 g/mol. The maximum atomic E-state index is 7.79. The van der Waals surface area contributed by atoms with Gasteiger partial charge in [-0.2, -0.15) is 9.97 Å². The molecule has 2 aromatic heterocycles. The average molecular weight is 475 g/mol.